The van der Waals surface area contributed by atoms with E-state index in [-0.39, 0.29) is 12.3 Å². The zero-order valence-corrected chi connectivity index (χ0v) is 14.3. The first-order valence-electron chi connectivity index (χ1n) is 8.50. The Morgan fingerprint density at radius 2 is 1.78 bits per heavy atom. The molecule has 1 aliphatic rings. The fraction of sp³-hybridized carbons (Fsp3) is 0.263. The molecule has 2 aromatic rings. The highest BCUT2D eigenvalue weighted by Crippen LogP contribution is 2.21. The van der Waals surface area contributed by atoms with E-state index in [9.17, 15) is 22.8 Å². The molecule has 142 valence electrons. The van der Waals surface area contributed by atoms with Gasteiger partial charge < -0.3 is 4.90 Å². The van der Waals surface area contributed by atoms with Gasteiger partial charge in [0.05, 0.1) is 12.1 Å². The van der Waals surface area contributed by atoms with Gasteiger partial charge in [0, 0.05) is 6.54 Å². The molecule has 27 heavy (non-hydrogen) atoms. The zero-order chi connectivity index (χ0) is 19.4. The van der Waals surface area contributed by atoms with Crippen molar-refractivity contribution in [1.82, 2.24) is 10.3 Å². The Kier molecular flexibility index (Phi) is 5.63. The molecule has 2 aromatic carbocycles. The number of carbonyl (C=O) groups is 2. The van der Waals surface area contributed by atoms with Crippen LogP contribution in [-0.2, 0) is 16.0 Å². The topological polar surface area (TPSA) is 61.4 Å². The Balaban J connectivity index is 1.62. The van der Waals surface area contributed by atoms with Crippen molar-refractivity contribution in [3.63, 3.8) is 0 Å². The van der Waals surface area contributed by atoms with E-state index in [4.69, 9.17) is 0 Å². The van der Waals surface area contributed by atoms with E-state index >= 15 is 0 Å². The van der Waals surface area contributed by atoms with E-state index in [1.807, 2.05) is 30.3 Å². The molecule has 1 fully saturated rings. The van der Waals surface area contributed by atoms with Crippen LogP contribution in [-0.4, -0.2) is 29.3 Å². The van der Waals surface area contributed by atoms with Gasteiger partial charge in [-0.25, -0.2) is 13.2 Å². The summed E-state index contributed by atoms with van der Waals surface area (Å²) < 4.78 is 39.8. The van der Waals surface area contributed by atoms with Gasteiger partial charge >= 0.3 is 0 Å². The minimum Gasteiger partial charge on any atom is -0.330 e. The Hall–Kier alpha value is -3.03. The Morgan fingerprint density at radius 1 is 1.04 bits per heavy atom. The summed E-state index contributed by atoms with van der Waals surface area (Å²) in [4.78, 5) is 26.4. The molecule has 0 saturated carbocycles. The van der Waals surface area contributed by atoms with Gasteiger partial charge in [0.25, 0.3) is 5.91 Å². The summed E-state index contributed by atoms with van der Waals surface area (Å²) in [6.07, 6.45) is 1.31. The highest BCUT2D eigenvalue weighted by Gasteiger charge is 2.34. The first kappa shape index (κ1) is 18.8. The number of likely N-dealkylation sites (tertiary alicyclic amines) is 1. The summed E-state index contributed by atoms with van der Waals surface area (Å²) >= 11 is 0. The van der Waals surface area contributed by atoms with E-state index in [2.05, 4.69) is 10.9 Å². The molecule has 0 aliphatic carbocycles. The van der Waals surface area contributed by atoms with Gasteiger partial charge in [0.15, 0.2) is 17.5 Å². The number of carbonyl (C=O) groups excluding carboxylic acids is 2. The second-order valence-electron chi connectivity index (χ2n) is 6.24. The van der Waals surface area contributed by atoms with Crippen molar-refractivity contribution in [3.8, 4) is 0 Å². The SMILES string of the molecule is O=C(NNc1ccc(F)c(F)c1F)C1CCCN1C(=O)Cc1ccccc1. The average molecular weight is 377 g/mol. The fourth-order valence-electron chi connectivity index (χ4n) is 3.04. The molecule has 2 N–H and O–H groups in total. The van der Waals surface area contributed by atoms with Crippen LogP contribution in [0, 0.1) is 17.5 Å². The van der Waals surface area contributed by atoms with Crippen molar-refractivity contribution in [3.05, 3.63) is 65.5 Å². The number of hydrazine groups is 1. The molecule has 0 bridgehead atoms. The van der Waals surface area contributed by atoms with Crippen LogP contribution in [0.25, 0.3) is 0 Å². The Labute approximate surface area is 154 Å². The lowest BCUT2D eigenvalue weighted by Gasteiger charge is -2.24. The van der Waals surface area contributed by atoms with E-state index < -0.39 is 35.1 Å². The van der Waals surface area contributed by atoms with Crippen molar-refractivity contribution in [1.29, 1.82) is 0 Å². The summed E-state index contributed by atoms with van der Waals surface area (Å²) in [5, 5.41) is 0. The smallest absolute Gasteiger partial charge is 0.261 e. The molecule has 0 radical (unpaired) electrons. The lowest BCUT2D eigenvalue weighted by Crippen LogP contribution is -2.48. The molecular weight excluding hydrogens is 359 g/mol. The van der Waals surface area contributed by atoms with E-state index in [1.165, 1.54) is 4.90 Å². The van der Waals surface area contributed by atoms with Crippen LogP contribution >= 0.6 is 0 Å². The quantitative estimate of drug-likeness (QED) is 0.622. The van der Waals surface area contributed by atoms with Gasteiger partial charge in [-0.3, -0.25) is 20.4 Å². The number of rotatable bonds is 5. The van der Waals surface area contributed by atoms with Gasteiger partial charge in [0.1, 0.15) is 6.04 Å². The third-order valence-electron chi connectivity index (χ3n) is 4.43. The van der Waals surface area contributed by atoms with Crippen molar-refractivity contribution >= 4 is 17.5 Å². The molecule has 1 heterocycles. The number of hydrogen-bond donors (Lipinski definition) is 2. The van der Waals surface area contributed by atoms with Crippen LogP contribution in [0.1, 0.15) is 18.4 Å². The molecule has 3 rings (SSSR count). The average Bonchev–Trinajstić information content (AvgIpc) is 3.16. The number of anilines is 1. The molecule has 1 aliphatic heterocycles. The maximum absolute atomic E-state index is 13.6. The van der Waals surface area contributed by atoms with Crippen molar-refractivity contribution in [2.24, 2.45) is 0 Å². The molecule has 1 saturated heterocycles. The van der Waals surface area contributed by atoms with Crippen LogP contribution in [0.2, 0.25) is 0 Å². The zero-order valence-electron chi connectivity index (χ0n) is 14.3. The summed E-state index contributed by atoms with van der Waals surface area (Å²) in [6.45, 7) is 0.448. The van der Waals surface area contributed by atoms with Crippen LogP contribution in [0.3, 0.4) is 0 Å². The van der Waals surface area contributed by atoms with Crippen molar-refractivity contribution in [2.75, 3.05) is 12.0 Å². The van der Waals surface area contributed by atoms with E-state index in [0.29, 0.717) is 19.4 Å². The fourth-order valence-corrected chi connectivity index (χ4v) is 3.04. The number of nitrogens with one attached hydrogen (secondary N) is 2. The first-order chi connectivity index (χ1) is 13.0. The highest BCUT2D eigenvalue weighted by atomic mass is 19.2. The second kappa shape index (κ2) is 8.11. The van der Waals surface area contributed by atoms with Crippen LogP contribution < -0.4 is 10.9 Å². The molecule has 1 atom stereocenters. The van der Waals surface area contributed by atoms with Crippen LogP contribution in [0.5, 0.6) is 0 Å². The lowest BCUT2D eigenvalue weighted by molar-refractivity contribution is -0.137. The normalized spacial score (nSPS) is 16.3. The lowest BCUT2D eigenvalue weighted by atomic mass is 10.1. The molecule has 0 spiro atoms. The standard InChI is InChI=1S/C19H18F3N3O2/c20-13-8-9-14(18(22)17(13)21)23-24-19(27)15-7-4-10-25(15)16(26)11-12-5-2-1-3-6-12/h1-3,5-6,8-9,15,23H,4,7,10-11H2,(H,24,27). The molecule has 2 amide bonds. The van der Waals surface area contributed by atoms with Crippen molar-refractivity contribution in [2.45, 2.75) is 25.3 Å². The number of amides is 2. The minimum absolute atomic E-state index is 0.176. The predicted molar refractivity (Wildman–Crippen MR) is 93.0 cm³/mol. The van der Waals surface area contributed by atoms with Crippen molar-refractivity contribution < 1.29 is 22.8 Å². The Morgan fingerprint density at radius 3 is 2.52 bits per heavy atom. The summed E-state index contributed by atoms with van der Waals surface area (Å²) in [5.41, 5.74) is 4.96. The van der Waals surface area contributed by atoms with Gasteiger partial charge in [-0.1, -0.05) is 30.3 Å². The van der Waals surface area contributed by atoms with E-state index in [1.54, 1.807) is 0 Å². The number of benzene rings is 2. The third kappa shape index (κ3) is 4.21. The minimum atomic E-state index is -1.63. The van der Waals surface area contributed by atoms with Crippen LogP contribution in [0.15, 0.2) is 42.5 Å². The maximum Gasteiger partial charge on any atom is 0.261 e. The second-order valence-corrected chi connectivity index (χ2v) is 6.24. The molecule has 0 aromatic heterocycles. The molecular formula is C19H18F3N3O2. The predicted octanol–water partition coefficient (Wildman–Crippen LogP) is 2.78. The number of halogens is 3. The summed E-state index contributed by atoms with van der Waals surface area (Å²) in [7, 11) is 0. The summed E-state index contributed by atoms with van der Waals surface area (Å²) in [6, 6.07) is 10.2. The van der Waals surface area contributed by atoms with Gasteiger partial charge in [-0.15, -0.1) is 0 Å². The maximum atomic E-state index is 13.6. The summed E-state index contributed by atoms with van der Waals surface area (Å²) in [5.74, 6) is -5.11. The highest BCUT2D eigenvalue weighted by molar-refractivity contribution is 5.89. The number of hydrogen-bond acceptors (Lipinski definition) is 3. The monoisotopic (exact) mass is 377 g/mol. The van der Waals surface area contributed by atoms with Gasteiger partial charge in [-0.05, 0) is 30.5 Å². The van der Waals surface area contributed by atoms with Gasteiger partial charge in [0.2, 0.25) is 5.91 Å². The largest absolute Gasteiger partial charge is 0.330 e. The van der Waals surface area contributed by atoms with E-state index in [0.717, 1.165) is 17.7 Å². The third-order valence-corrected chi connectivity index (χ3v) is 4.43. The Bertz CT molecular complexity index is 846. The molecule has 8 heteroatoms. The molecule has 1 unspecified atom stereocenters. The number of nitrogens with zero attached hydrogens (tertiary/aromatic N) is 1. The molecule has 5 nitrogen and oxygen atoms in total. The van der Waals surface area contributed by atoms with Gasteiger partial charge in [-0.2, -0.15) is 0 Å². The first-order valence-corrected chi connectivity index (χ1v) is 8.50. The van der Waals surface area contributed by atoms with Crippen LogP contribution in [0.4, 0.5) is 18.9 Å².